The molecule has 3 rings (SSSR count). The molecular weight excluding hydrogens is 434 g/mol. The Kier molecular flexibility index (Phi) is 7.31. The van der Waals surface area contributed by atoms with Gasteiger partial charge >= 0.3 is 0 Å². The number of aromatic nitrogens is 3. The van der Waals surface area contributed by atoms with Crippen LogP contribution in [0.4, 0.5) is 5.69 Å². The molecule has 2 unspecified atom stereocenters. The van der Waals surface area contributed by atoms with Crippen molar-refractivity contribution in [3.8, 4) is 0 Å². The molecular formula is C21H31N5O3S2. The van der Waals surface area contributed by atoms with Gasteiger partial charge in [0.25, 0.3) is 0 Å². The predicted octanol–water partition coefficient (Wildman–Crippen LogP) is 2.69. The Balaban J connectivity index is 1.69. The number of anilines is 1. The fraction of sp³-hybridized carbons (Fsp3) is 0.571. The van der Waals surface area contributed by atoms with E-state index < -0.39 is 10.0 Å². The first-order valence-electron chi connectivity index (χ1n) is 10.4. The van der Waals surface area contributed by atoms with E-state index in [4.69, 9.17) is 0 Å². The van der Waals surface area contributed by atoms with Crippen LogP contribution in [-0.2, 0) is 28.4 Å². The zero-order chi connectivity index (χ0) is 22.8. The first-order chi connectivity index (χ1) is 14.5. The molecule has 1 aromatic heterocycles. The Hall–Kier alpha value is -2.07. The second-order valence-corrected chi connectivity index (χ2v) is 11.4. The number of hydrogen-bond donors (Lipinski definition) is 0. The Morgan fingerprint density at radius 1 is 1.16 bits per heavy atom. The van der Waals surface area contributed by atoms with Crippen molar-refractivity contribution in [2.24, 2.45) is 18.9 Å². The number of carbonyl (C=O) groups is 1. The molecule has 2 aromatic rings. The molecule has 1 fully saturated rings. The summed E-state index contributed by atoms with van der Waals surface area (Å²) in [5, 5.41) is 8.97. The van der Waals surface area contributed by atoms with Crippen molar-refractivity contribution in [3.05, 3.63) is 35.7 Å². The van der Waals surface area contributed by atoms with E-state index in [1.54, 1.807) is 23.7 Å². The smallest absolute Gasteiger partial charge is 0.233 e. The number of thioether (sulfide) groups is 1. The van der Waals surface area contributed by atoms with E-state index in [2.05, 4.69) is 24.0 Å². The quantitative estimate of drug-likeness (QED) is 0.584. The van der Waals surface area contributed by atoms with Crippen molar-refractivity contribution in [1.29, 1.82) is 0 Å². The molecule has 1 aliphatic rings. The van der Waals surface area contributed by atoms with Gasteiger partial charge in [-0.1, -0.05) is 43.3 Å². The van der Waals surface area contributed by atoms with Crippen LogP contribution in [-0.4, -0.2) is 59.1 Å². The summed E-state index contributed by atoms with van der Waals surface area (Å²) in [5.41, 5.74) is 1.63. The van der Waals surface area contributed by atoms with Crippen LogP contribution < -0.4 is 4.31 Å². The van der Waals surface area contributed by atoms with Gasteiger partial charge < -0.3 is 9.47 Å². The SMILES string of the molecule is Cc1ccc(N(Cc2nnc(SCC(=O)N3CC(C)CC(C)C3)n2C)S(C)(=O)=O)cc1. The van der Waals surface area contributed by atoms with Crippen molar-refractivity contribution in [3.63, 3.8) is 0 Å². The first-order valence-corrected chi connectivity index (χ1v) is 13.2. The van der Waals surface area contributed by atoms with Gasteiger partial charge in [0.1, 0.15) is 0 Å². The lowest BCUT2D eigenvalue weighted by atomic mass is 9.92. The van der Waals surface area contributed by atoms with Crippen molar-refractivity contribution < 1.29 is 13.2 Å². The molecule has 0 saturated carbocycles. The van der Waals surface area contributed by atoms with Gasteiger partial charge in [0, 0.05) is 20.1 Å². The van der Waals surface area contributed by atoms with E-state index in [1.807, 2.05) is 24.0 Å². The highest BCUT2D eigenvalue weighted by molar-refractivity contribution is 7.99. The van der Waals surface area contributed by atoms with E-state index >= 15 is 0 Å². The highest BCUT2D eigenvalue weighted by Crippen LogP contribution is 2.24. The molecule has 0 N–H and O–H groups in total. The minimum absolute atomic E-state index is 0.0705. The molecule has 0 bridgehead atoms. The van der Waals surface area contributed by atoms with Crippen LogP contribution in [0.3, 0.4) is 0 Å². The molecule has 10 heteroatoms. The summed E-state index contributed by atoms with van der Waals surface area (Å²) < 4.78 is 27.9. The van der Waals surface area contributed by atoms with Crippen molar-refractivity contribution >= 4 is 33.4 Å². The molecule has 0 spiro atoms. The average molecular weight is 466 g/mol. The number of amides is 1. The zero-order valence-electron chi connectivity index (χ0n) is 18.8. The second-order valence-electron chi connectivity index (χ2n) is 8.60. The summed E-state index contributed by atoms with van der Waals surface area (Å²) in [6, 6.07) is 7.31. The van der Waals surface area contributed by atoms with Crippen molar-refractivity contribution in [2.75, 3.05) is 29.4 Å². The summed E-state index contributed by atoms with van der Waals surface area (Å²) in [6.07, 6.45) is 2.33. The zero-order valence-corrected chi connectivity index (χ0v) is 20.4. The summed E-state index contributed by atoms with van der Waals surface area (Å²) in [5.74, 6) is 1.94. The number of carbonyl (C=O) groups excluding carboxylic acids is 1. The monoisotopic (exact) mass is 465 g/mol. The second kappa shape index (κ2) is 9.60. The van der Waals surface area contributed by atoms with Gasteiger partial charge in [-0.3, -0.25) is 9.10 Å². The van der Waals surface area contributed by atoms with Gasteiger partial charge in [0.05, 0.1) is 24.2 Å². The molecule has 31 heavy (non-hydrogen) atoms. The van der Waals surface area contributed by atoms with Crippen molar-refractivity contribution in [1.82, 2.24) is 19.7 Å². The van der Waals surface area contributed by atoms with Crippen LogP contribution in [0.1, 0.15) is 31.7 Å². The van der Waals surface area contributed by atoms with E-state index in [1.165, 1.54) is 22.3 Å². The number of piperidine rings is 1. The maximum Gasteiger partial charge on any atom is 0.233 e. The van der Waals surface area contributed by atoms with Crippen LogP contribution in [0.25, 0.3) is 0 Å². The number of likely N-dealkylation sites (tertiary alicyclic amines) is 1. The third kappa shape index (κ3) is 6.00. The molecule has 8 nitrogen and oxygen atoms in total. The van der Waals surface area contributed by atoms with E-state index in [-0.39, 0.29) is 12.5 Å². The lowest BCUT2D eigenvalue weighted by Gasteiger charge is -2.34. The largest absolute Gasteiger partial charge is 0.341 e. The molecule has 2 atom stereocenters. The Morgan fingerprint density at radius 3 is 2.35 bits per heavy atom. The predicted molar refractivity (Wildman–Crippen MR) is 123 cm³/mol. The molecule has 1 aliphatic heterocycles. The van der Waals surface area contributed by atoms with Crippen LogP contribution >= 0.6 is 11.8 Å². The topological polar surface area (TPSA) is 88.4 Å². The lowest BCUT2D eigenvalue weighted by molar-refractivity contribution is -0.130. The normalized spacial score (nSPS) is 19.5. The number of hydrogen-bond acceptors (Lipinski definition) is 6. The van der Waals surface area contributed by atoms with Gasteiger partial charge in [-0.2, -0.15) is 0 Å². The third-order valence-corrected chi connectivity index (χ3v) is 7.62. The lowest BCUT2D eigenvalue weighted by Crippen LogP contribution is -2.43. The summed E-state index contributed by atoms with van der Waals surface area (Å²) >= 11 is 1.33. The molecule has 1 aromatic carbocycles. The minimum Gasteiger partial charge on any atom is -0.341 e. The molecule has 1 saturated heterocycles. The third-order valence-electron chi connectivity index (χ3n) is 5.48. The molecule has 170 valence electrons. The molecule has 2 heterocycles. The van der Waals surface area contributed by atoms with E-state index in [9.17, 15) is 13.2 Å². The van der Waals surface area contributed by atoms with Crippen LogP contribution in [0, 0.1) is 18.8 Å². The van der Waals surface area contributed by atoms with Gasteiger partial charge in [0.15, 0.2) is 11.0 Å². The number of aryl methyl sites for hydroxylation is 1. The number of benzene rings is 1. The summed E-state index contributed by atoms with van der Waals surface area (Å²) in [6.45, 7) is 7.98. The summed E-state index contributed by atoms with van der Waals surface area (Å²) in [7, 11) is -1.71. The number of rotatable bonds is 7. The maximum atomic E-state index is 12.7. The Labute approximate surface area is 189 Å². The van der Waals surface area contributed by atoms with Gasteiger partial charge in [-0.25, -0.2) is 8.42 Å². The fourth-order valence-corrected chi connectivity index (χ4v) is 5.62. The Bertz CT molecular complexity index is 1010. The standard InChI is InChI=1S/C21H31N5O3S2/c1-15-6-8-18(9-7-15)26(31(5,28)29)13-19-22-23-21(24(19)4)30-14-20(27)25-11-16(2)10-17(3)12-25/h6-9,16-17H,10-14H2,1-5H3. The molecule has 0 aliphatic carbocycles. The number of nitrogens with zero attached hydrogens (tertiary/aromatic N) is 5. The van der Waals surface area contributed by atoms with Gasteiger partial charge in [0.2, 0.25) is 15.9 Å². The van der Waals surface area contributed by atoms with Gasteiger partial charge in [-0.05, 0) is 37.3 Å². The first kappa shape index (κ1) is 23.6. The van der Waals surface area contributed by atoms with E-state index in [0.717, 1.165) is 25.1 Å². The average Bonchev–Trinajstić information content (AvgIpc) is 3.03. The van der Waals surface area contributed by atoms with Crippen LogP contribution in [0.15, 0.2) is 29.4 Å². The maximum absolute atomic E-state index is 12.7. The minimum atomic E-state index is -3.50. The van der Waals surface area contributed by atoms with Crippen LogP contribution in [0.5, 0.6) is 0 Å². The van der Waals surface area contributed by atoms with Crippen LogP contribution in [0.2, 0.25) is 0 Å². The number of sulfonamides is 1. The van der Waals surface area contributed by atoms with Crippen molar-refractivity contribution in [2.45, 2.75) is 38.9 Å². The highest BCUT2D eigenvalue weighted by atomic mass is 32.2. The fourth-order valence-electron chi connectivity index (χ4n) is 3.93. The Morgan fingerprint density at radius 2 is 1.77 bits per heavy atom. The highest BCUT2D eigenvalue weighted by Gasteiger charge is 2.26. The van der Waals surface area contributed by atoms with Gasteiger partial charge in [-0.15, -0.1) is 10.2 Å². The molecule has 0 radical (unpaired) electrons. The molecule has 1 amide bonds. The summed E-state index contributed by atoms with van der Waals surface area (Å²) in [4.78, 5) is 14.6. The van der Waals surface area contributed by atoms with E-state index in [0.29, 0.717) is 34.3 Å².